The van der Waals surface area contributed by atoms with Crippen LogP contribution in [0.15, 0.2) is 29.3 Å². The highest BCUT2D eigenvalue weighted by molar-refractivity contribution is 6.31. The highest BCUT2D eigenvalue weighted by Crippen LogP contribution is 2.49. The topological polar surface area (TPSA) is 45.2 Å². The molecule has 0 atom stereocenters. The second-order valence-electron chi connectivity index (χ2n) is 4.15. The lowest BCUT2D eigenvalue weighted by Crippen LogP contribution is -2.01. The number of nitrogens with one attached hydrogen (secondary N) is 1. The first-order valence-electron chi connectivity index (χ1n) is 5.11. The van der Waals surface area contributed by atoms with Crippen LogP contribution in [0, 0.1) is 0 Å². The fraction of sp³-hybridized carbons (Fsp3) is 0.250. The van der Waals surface area contributed by atoms with Crippen molar-refractivity contribution in [3.8, 4) is 0 Å². The van der Waals surface area contributed by atoms with E-state index in [0.717, 1.165) is 29.4 Å². The van der Waals surface area contributed by atoms with Gasteiger partial charge in [0.15, 0.2) is 0 Å². The van der Waals surface area contributed by atoms with Crippen molar-refractivity contribution in [1.29, 1.82) is 0 Å². The fourth-order valence-electron chi connectivity index (χ4n) is 2.00. The fourth-order valence-corrected chi connectivity index (χ4v) is 2.18. The first kappa shape index (κ1) is 9.64. The molecule has 16 heavy (non-hydrogen) atoms. The summed E-state index contributed by atoms with van der Waals surface area (Å²) >= 11 is 5.92. The maximum atomic E-state index is 10.4. The van der Waals surface area contributed by atoms with Gasteiger partial charge in [0.05, 0.1) is 0 Å². The molecule has 0 saturated heterocycles. The lowest BCUT2D eigenvalue weighted by atomic mass is 10.2. The van der Waals surface area contributed by atoms with Crippen LogP contribution in [0.3, 0.4) is 0 Å². The zero-order valence-electron chi connectivity index (χ0n) is 8.46. The van der Waals surface area contributed by atoms with E-state index >= 15 is 0 Å². The van der Waals surface area contributed by atoms with Crippen molar-refractivity contribution >= 4 is 28.6 Å². The van der Waals surface area contributed by atoms with Gasteiger partial charge in [-0.05, 0) is 37.1 Å². The van der Waals surface area contributed by atoms with E-state index in [4.69, 9.17) is 11.6 Å². The molecule has 1 aliphatic carbocycles. The molecule has 1 heterocycles. The van der Waals surface area contributed by atoms with Crippen molar-refractivity contribution < 1.29 is 4.79 Å². The molecule has 3 nitrogen and oxygen atoms in total. The van der Waals surface area contributed by atoms with Gasteiger partial charge in [0.25, 0.3) is 0 Å². The van der Waals surface area contributed by atoms with Gasteiger partial charge in [-0.1, -0.05) is 11.6 Å². The number of nitrogens with zero attached hydrogens (tertiary/aromatic N) is 1. The third kappa shape index (κ3) is 1.37. The molecular formula is C12H9ClN2O. The molecule has 0 aliphatic heterocycles. The van der Waals surface area contributed by atoms with Crippen LogP contribution in [0.1, 0.15) is 18.5 Å². The molecule has 1 fully saturated rings. The largest absolute Gasteiger partial charge is 0.356 e. The van der Waals surface area contributed by atoms with Gasteiger partial charge in [0.1, 0.15) is 5.54 Å². The SMILES string of the molecule is O=C=NC1(c2cc3cc(Cl)ccc3[nH]2)CC1. The summed E-state index contributed by atoms with van der Waals surface area (Å²) < 4.78 is 0. The summed E-state index contributed by atoms with van der Waals surface area (Å²) in [6, 6.07) is 7.68. The van der Waals surface area contributed by atoms with Crippen molar-refractivity contribution in [2.45, 2.75) is 18.4 Å². The molecule has 1 saturated carbocycles. The van der Waals surface area contributed by atoms with Gasteiger partial charge >= 0.3 is 0 Å². The number of rotatable bonds is 2. The maximum absolute atomic E-state index is 10.4. The van der Waals surface area contributed by atoms with E-state index in [1.165, 1.54) is 0 Å². The number of fused-ring (bicyclic) bond motifs is 1. The van der Waals surface area contributed by atoms with E-state index in [2.05, 4.69) is 9.98 Å². The number of carbonyl (C=O) groups excluding carboxylic acids is 1. The summed E-state index contributed by atoms with van der Waals surface area (Å²) in [5.74, 6) is 0. The zero-order valence-corrected chi connectivity index (χ0v) is 9.21. The van der Waals surface area contributed by atoms with Crippen LogP contribution in [-0.4, -0.2) is 11.1 Å². The first-order valence-corrected chi connectivity index (χ1v) is 5.49. The lowest BCUT2D eigenvalue weighted by Gasteiger charge is -2.02. The van der Waals surface area contributed by atoms with Crippen molar-refractivity contribution in [2.24, 2.45) is 4.99 Å². The monoisotopic (exact) mass is 232 g/mol. The number of aromatic nitrogens is 1. The third-order valence-corrected chi connectivity index (χ3v) is 3.30. The minimum Gasteiger partial charge on any atom is -0.356 e. The van der Waals surface area contributed by atoms with Crippen LogP contribution >= 0.6 is 11.6 Å². The van der Waals surface area contributed by atoms with Gasteiger partial charge in [0.2, 0.25) is 6.08 Å². The number of H-pyrrole nitrogens is 1. The Balaban J connectivity index is 2.15. The Morgan fingerprint density at radius 3 is 2.88 bits per heavy atom. The Kier molecular flexibility index (Phi) is 1.93. The summed E-state index contributed by atoms with van der Waals surface area (Å²) in [4.78, 5) is 17.5. The van der Waals surface area contributed by atoms with E-state index in [1.807, 2.05) is 24.3 Å². The predicted octanol–water partition coefficient (Wildman–Crippen LogP) is 3.15. The van der Waals surface area contributed by atoms with Crippen molar-refractivity contribution in [3.05, 3.63) is 35.0 Å². The summed E-state index contributed by atoms with van der Waals surface area (Å²) in [5.41, 5.74) is 1.66. The Morgan fingerprint density at radius 1 is 1.38 bits per heavy atom. The molecule has 0 unspecified atom stereocenters. The average Bonchev–Trinajstić information content (AvgIpc) is 2.91. The van der Waals surface area contributed by atoms with Crippen LogP contribution < -0.4 is 0 Å². The Hall–Kier alpha value is -1.57. The molecule has 0 amide bonds. The lowest BCUT2D eigenvalue weighted by molar-refractivity contribution is 0.555. The normalized spacial score (nSPS) is 17.1. The Labute approximate surface area is 97.1 Å². The Bertz CT molecular complexity index is 607. The molecule has 3 rings (SSSR count). The van der Waals surface area contributed by atoms with Crippen LogP contribution in [0.25, 0.3) is 10.9 Å². The second-order valence-corrected chi connectivity index (χ2v) is 4.59. The molecule has 1 aromatic heterocycles. The van der Waals surface area contributed by atoms with E-state index in [9.17, 15) is 4.79 Å². The number of aliphatic imine (C=N–C) groups is 1. The minimum atomic E-state index is -0.340. The van der Waals surface area contributed by atoms with Gasteiger partial charge in [-0.3, -0.25) is 0 Å². The van der Waals surface area contributed by atoms with Crippen LogP contribution in [0.2, 0.25) is 5.02 Å². The van der Waals surface area contributed by atoms with Crippen LogP contribution in [0.4, 0.5) is 0 Å². The summed E-state index contributed by atoms with van der Waals surface area (Å²) in [7, 11) is 0. The zero-order chi connectivity index (χ0) is 11.2. The second kappa shape index (κ2) is 3.21. The predicted molar refractivity (Wildman–Crippen MR) is 62.3 cm³/mol. The molecule has 0 bridgehead atoms. The number of halogens is 1. The number of hydrogen-bond donors (Lipinski definition) is 1. The van der Waals surface area contributed by atoms with Gasteiger partial charge in [-0.25, -0.2) is 4.79 Å². The summed E-state index contributed by atoms with van der Waals surface area (Å²) in [5, 5.41) is 1.76. The highest BCUT2D eigenvalue weighted by Gasteiger charge is 2.46. The van der Waals surface area contributed by atoms with E-state index in [1.54, 1.807) is 6.08 Å². The maximum Gasteiger partial charge on any atom is 0.235 e. The third-order valence-electron chi connectivity index (χ3n) is 3.07. The number of isocyanates is 1. The first-order chi connectivity index (χ1) is 7.73. The molecule has 1 aliphatic rings. The molecule has 0 radical (unpaired) electrons. The van der Waals surface area contributed by atoms with E-state index < -0.39 is 0 Å². The smallest absolute Gasteiger partial charge is 0.235 e. The Morgan fingerprint density at radius 2 is 2.19 bits per heavy atom. The highest BCUT2D eigenvalue weighted by atomic mass is 35.5. The minimum absolute atomic E-state index is 0.340. The van der Waals surface area contributed by atoms with Gasteiger partial charge in [0, 0.05) is 21.6 Å². The standard InChI is InChI=1S/C12H9ClN2O/c13-9-1-2-10-8(5-9)6-11(15-10)12(3-4-12)14-7-16/h1-2,5-6,15H,3-4H2. The number of aromatic amines is 1. The van der Waals surface area contributed by atoms with Crippen molar-refractivity contribution in [1.82, 2.24) is 4.98 Å². The van der Waals surface area contributed by atoms with Gasteiger partial charge in [-0.2, -0.15) is 4.99 Å². The number of hydrogen-bond acceptors (Lipinski definition) is 2. The van der Waals surface area contributed by atoms with Crippen molar-refractivity contribution in [2.75, 3.05) is 0 Å². The van der Waals surface area contributed by atoms with E-state index in [-0.39, 0.29) is 5.54 Å². The molecule has 2 aromatic rings. The molecular weight excluding hydrogens is 224 g/mol. The van der Waals surface area contributed by atoms with Gasteiger partial charge in [-0.15, -0.1) is 0 Å². The van der Waals surface area contributed by atoms with Crippen LogP contribution in [0.5, 0.6) is 0 Å². The molecule has 1 aromatic carbocycles. The average molecular weight is 233 g/mol. The van der Waals surface area contributed by atoms with Gasteiger partial charge < -0.3 is 4.98 Å². The quantitative estimate of drug-likeness (QED) is 0.628. The molecule has 1 N–H and O–H groups in total. The van der Waals surface area contributed by atoms with Crippen LogP contribution in [-0.2, 0) is 10.3 Å². The summed E-state index contributed by atoms with van der Waals surface area (Å²) in [6.45, 7) is 0. The van der Waals surface area contributed by atoms with E-state index in [0.29, 0.717) is 5.02 Å². The molecule has 0 spiro atoms. The summed E-state index contributed by atoms with van der Waals surface area (Å²) in [6.07, 6.45) is 3.46. The molecule has 4 heteroatoms. The van der Waals surface area contributed by atoms with Crippen molar-refractivity contribution in [3.63, 3.8) is 0 Å². The molecule has 80 valence electrons. The number of benzene rings is 1.